The molecule has 6 heteroatoms. The zero-order chi connectivity index (χ0) is 13.1. The van der Waals surface area contributed by atoms with Crippen molar-refractivity contribution in [2.24, 2.45) is 0 Å². The smallest absolute Gasteiger partial charge is 0.183 e. The quantitative estimate of drug-likeness (QED) is 0.784. The van der Waals surface area contributed by atoms with Gasteiger partial charge >= 0.3 is 0 Å². The summed E-state index contributed by atoms with van der Waals surface area (Å²) in [6, 6.07) is 7.34. The number of anilines is 1. The second kappa shape index (κ2) is 5.99. The summed E-state index contributed by atoms with van der Waals surface area (Å²) >= 11 is 12.7. The fourth-order valence-electron chi connectivity index (χ4n) is 1.43. The molecule has 0 unspecified atom stereocenters. The molecule has 0 saturated heterocycles. The van der Waals surface area contributed by atoms with Crippen LogP contribution < -0.4 is 10.1 Å². The molecule has 2 rings (SSSR count). The van der Waals surface area contributed by atoms with Crippen molar-refractivity contribution in [2.45, 2.75) is 6.54 Å². The van der Waals surface area contributed by atoms with Crippen LogP contribution in [0.5, 0.6) is 5.75 Å². The second-order valence-corrected chi connectivity index (χ2v) is 5.52. The van der Waals surface area contributed by atoms with E-state index in [1.165, 1.54) is 0 Å². The van der Waals surface area contributed by atoms with Crippen LogP contribution >= 0.6 is 43.5 Å². The predicted molar refractivity (Wildman–Crippen MR) is 79.4 cm³/mol. The molecule has 0 saturated carbocycles. The number of benzene rings is 1. The lowest BCUT2D eigenvalue weighted by molar-refractivity contribution is 0.415. The number of nitrogens with one attached hydrogen (secondary N) is 1. The van der Waals surface area contributed by atoms with Crippen molar-refractivity contribution in [2.75, 3.05) is 12.4 Å². The van der Waals surface area contributed by atoms with Crippen molar-refractivity contribution in [3.63, 3.8) is 0 Å². The highest BCUT2D eigenvalue weighted by Gasteiger charge is 2.07. The molecule has 0 atom stereocenters. The van der Waals surface area contributed by atoms with Gasteiger partial charge < -0.3 is 14.5 Å². The first kappa shape index (κ1) is 13.8. The van der Waals surface area contributed by atoms with Crippen molar-refractivity contribution >= 4 is 49.1 Å². The van der Waals surface area contributed by atoms with Gasteiger partial charge in [0.25, 0.3) is 0 Å². The highest BCUT2D eigenvalue weighted by Crippen LogP contribution is 2.29. The Balaban J connectivity index is 2.10. The van der Waals surface area contributed by atoms with E-state index in [-0.39, 0.29) is 0 Å². The Bertz CT molecular complexity index is 538. The fourth-order valence-corrected chi connectivity index (χ4v) is 2.27. The Morgan fingerprint density at radius 1 is 1.33 bits per heavy atom. The first-order valence-electron chi connectivity index (χ1n) is 5.11. The van der Waals surface area contributed by atoms with Crippen molar-refractivity contribution in [1.82, 2.24) is 0 Å². The van der Waals surface area contributed by atoms with E-state index in [2.05, 4.69) is 37.2 Å². The monoisotopic (exact) mass is 393 g/mol. The van der Waals surface area contributed by atoms with E-state index in [1.807, 2.05) is 18.2 Å². The number of rotatable bonds is 4. The number of hydrogen-bond acceptors (Lipinski definition) is 3. The average molecular weight is 395 g/mol. The third-order valence-corrected chi connectivity index (χ3v) is 4.36. The third kappa shape index (κ3) is 3.22. The second-order valence-electron chi connectivity index (χ2n) is 3.53. The first-order chi connectivity index (χ1) is 8.60. The largest absolute Gasteiger partial charge is 0.497 e. The Labute approximate surface area is 127 Å². The average Bonchev–Trinajstić information content (AvgIpc) is 2.68. The van der Waals surface area contributed by atoms with Gasteiger partial charge in [0.15, 0.2) is 4.67 Å². The van der Waals surface area contributed by atoms with Gasteiger partial charge in [-0.15, -0.1) is 0 Å². The standard InChI is InChI=1S/C12H10Br2ClNO2/c1-17-7-2-3-10(15)11(5-7)16-6-8-4-9(13)12(14)18-8/h2-5,16H,6H2,1H3. The highest BCUT2D eigenvalue weighted by atomic mass is 79.9. The normalized spacial score (nSPS) is 10.4. The van der Waals surface area contributed by atoms with E-state index in [4.69, 9.17) is 20.8 Å². The minimum Gasteiger partial charge on any atom is -0.497 e. The molecule has 1 aromatic heterocycles. The molecule has 0 spiro atoms. The molecule has 96 valence electrons. The molecule has 2 aromatic rings. The molecule has 0 aliphatic carbocycles. The van der Waals surface area contributed by atoms with Gasteiger partial charge in [-0.2, -0.15) is 0 Å². The number of methoxy groups -OCH3 is 1. The number of ether oxygens (including phenoxy) is 1. The molecule has 1 N–H and O–H groups in total. The molecule has 0 fully saturated rings. The third-order valence-electron chi connectivity index (χ3n) is 2.32. The van der Waals surface area contributed by atoms with E-state index in [9.17, 15) is 0 Å². The van der Waals surface area contributed by atoms with Crippen molar-refractivity contribution in [3.8, 4) is 5.75 Å². The molecule has 0 aliphatic rings. The maximum absolute atomic E-state index is 6.09. The van der Waals surface area contributed by atoms with Gasteiger partial charge in [0.2, 0.25) is 0 Å². The molecule has 3 nitrogen and oxygen atoms in total. The summed E-state index contributed by atoms with van der Waals surface area (Å²) in [4.78, 5) is 0. The zero-order valence-electron chi connectivity index (χ0n) is 9.47. The van der Waals surface area contributed by atoms with E-state index < -0.39 is 0 Å². The van der Waals surface area contributed by atoms with Crippen LogP contribution in [0.3, 0.4) is 0 Å². The van der Waals surface area contributed by atoms with Crippen LogP contribution in [0.2, 0.25) is 5.02 Å². The van der Waals surface area contributed by atoms with Crippen LogP contribution in [0, 0.1) is 0 Å². The Kier molecular flexibility index (Phi) is 4.59. The molecule has 0 bridgehead atoms. The van der Waals surface area contributed by atoms with E-state index in [1.54, 1.807) is 13.2 Å². The number of halogens is 3. The highest BCUT2D eigenvalue weighted by molar-refractivity contribution is 9.13. The molecule has 0 aliphatic heterocycles. The van der Waals surface area contributed by atoms with E-state index in [0.29, 0.717) is 16.2 Å². The molecular weight excluding hydrogens is 385 g/mol. The van der Waals surface area contributed by atoms with Crippen molar-refractivity contribution in [3.05, 3.63) is 44.2 Å². The minimum atomic E-state index is 0.539. The van der Waals surface area contributed by atoms with E-state index >= 15 is 0 Å². The molecule has 0 radical (unpaired) electrons. The van der Waals surface area contributed by atoms with Gasteiger partial charge in [-0.1, -0.05) is 11.6 Å². The van der Waals surface area contributed by atoms with Crippen LogP contribution in [-0.2, 0) is 6.54 Å². The molecule has 0 amide bonds. The Morgan fingerprint density at radius 2 is 2.11 bits per heavy atom. The lowest BCUT2D eigenvalue weighted by atomic mass is 10.3. The summed E-state index contributed by atoms with van der Waals surface area (Å²) in [6.45, 7) is 0.539. The van der Waals surface area contributed by atoms with Crippen LogP contribution in [0.4, 0.5) is 5.69 Å². The molecular formula is C12H10Br2ClNO2. The van der Waals surface area contributed by atoms with Gasteiger partial charge in [0.05, 0.1) is 28.8 Å². The molecule has 1 aromatic carbocycles. The summed E-state index contributed by atoms with van der Waals surface area (Å²) in [6.07, 6.45) is 0. The van der Waals surface area contributed by atoms with Crippen molar-refractivity contribution < 1.29 is 9.15 Å². The summed E-state index contributed by atoms with van der Waals surface area (Å²) < 4.78 is 12.2. The van der Waals surface area contributed by atoms with Gasteiger partial charge in [-0.3, -0.25) is 0 Å². The van der Waals surface area contributed by atoms with Crippen LogP contribution in [-0.4, -0.2) is 7.11 Å². The molecule has 18 heavy (non-hydrogen) atoms. The number of hydrogen-bond donors (Lipinski definition) is 1. The summed E-state index contributed by atoms with van der Waals surface area (Å²) in [5.74, 6) is 1.55. The van der Waals surface area contributed by atoms with Gasteiger partial charge in [-0.25, -0.2) is 0 Å². The minimum absolute atomic E-state index is 0.539. The van der Waals surface area contributed by atoms with Gasteiger partial charge in [0.1, 0.15) is 11.5 Å². The van der Waals surface area contributed by atoms with Crippen LogP contribution in [0.25, 0.3) is 0 Å². The SMILES string of the molecule is COc1ccc(Cl)c(NCc2cc(Br)c(Br)o2)c1. The maximum Gasteiger partial charge on any atom is 0.183 e. The first-order valence-corrected chi connectivity index (χ1v) is 7.07. The Hall–Kier alpha value is -0.650. The van der Waals surface area contributed by atoms with Gasteiger partial charge in [-0.05, 0) is 50.1 Å². The summed E-state index contributed by atoms with van der Waals surface area (Å²) in [5, 5.41) is 3.84. The summed E-state index contributed by atoms with van der Waals surface area (Å²) in [5.41, 5.74) is 0.805. The van der Waals surface area contributed by atoms with Gasteiger partial charge in [0, 0.05) is 6.07 Å². The topological polar surface area (TPSA) is 34.4 Å². The van der Waals surface area contributed by atoms with Crippen molar-refractivity contribution in [1.29, 1.82) is 0 Å². The van der Waals surface area contributed by atoms with Crippen LogP contribution in [0.15, 0.2) is 37.8 Å². The van der Waals surface area contributed by atoms with E-state index in [0.717, 1.165) is 21.7 Å². The molecule has 1 heterocycles. The maximum atomic E-state index is 6.09. The fraction of sp³-hybridized carbons (Fsp3) is 0.167. The lowest BCUT2D eigenvalue weighted by Crippen LogP contribution is -1.99. The lowest BCUT2D eigenvalue weighted by Gasteiger charge is -2.08. The van der Waals surface area contributed by atoms with Crippen LogP contribution in [0.1, 0.15) is 5.76 Å². The zero-order valence-corrected chi connectivity index (χ0v) is 13.4. The predicted octanol–water partition coefficient (Wildman–Crippen LogP) is 5.08. The number of furan rings is 1. The Morgan fingerprint density at radius 3 is 2.72 bits per heavy atom. The summed E-state index contributed by atoms with van der Waals surface area (Å²) in [7, 11) is 1.62.